The van der Waals surface area contributed by atoms with Gasteiger partial charge in [-0.3, -0.25) is 9.59 Å². The Morgan fingerprint density at radius 2 is 1.05 bits per heavy atom. The van der Waals surface area contributed by atoms with Gasteiger partial charge in [0.05, 0.1) is 6.61 Å². The zero-order valence-corrected chi connectivity index (χ0v) is 26.7. The normalized spacial score (nSPS) is 12.7. The highest BCUT2D eigenvalue weighted by atomic mass is 16.6. The van der Waals surface area contributed by atoms with Crippen LogP contribution in [-0.4, -0.2) is 48.1 Å². The Morgan fingerprint density at radius 3 is 1.60 bits per heavy atom. The minimum absolute atomic E-state index is 0.101. The molecule has 0 rings (SSSR count). The smallest absolute Gasteiger partial charge is 0.306 e. The molecule has 42 heavy (non-hydrogen) atoms. The van der Waals surface area contributed by atoms with E-state index in [-0.39, 0.29) is 25.2 Å². The standard InChI is InChI=1S/C36H62O6/c1-2-3-4-5-6-7-17-21-24-27-30-36(40)42-34(32-38)33-41-35(39)29-26-23-20-18-15-13-11-9-8-10-12-14-16-19-22-25-28-31-37/h8,10-11,13-14,16,18,20,34,37-38H,2-7,9,12,15,17,19,21-33H2,1H3/b10-8-,13-11-,16-14-,20-18-/t34-/m0/s1. The van der Waals surface area contributed by atoms with Crippen LogP contribution in [0.2, 0.25) is 0 Å². The molecule has 0 fully saturated rings. The summed E-state index contributed by atoms with van der Waals surface area (Å²) in [6.45, 7) is 2.07. The topological polar surface area (TPSA) is 93.1 Å². The third kappa shape index (κ3) is 30.8. The zero-order chi connectivity index (χ0) is 30.8. The number of allylic oxidation sites excluding steroid dienone is 8. The van der Waals surface area contributed by atoms with Gasteiger partial charge in [-0.1, -0.05) is 120 Å². The summed E-state index contributed by atoms with van der Waals surface area (Å²) >= 11 is 0. The number of carbonyl (C=O) groups is 2. The van der Waals surface area contributed by atoms with Crippen LogP contribution in [0.25, 0.3) is 0 Å². The predicted octanol–water partition coefficient (Wildman–Crippen LogP) is 8.86. The van der Waals surface area contributed by atoms with Crippen molar-refractivity contribution in [3.05, 3.63) is 48.6 Å². The first kappa shape index (κ1) is 39.8. The third-order valence-corrected chi connectivity index (χ3v) is 6.93. The molecule has 0 bridgehead atoms. The van der Waals surface area contributed by atoms with Gasteiger partial charge in [0.25, 0.3) is 0 Å². The Hall–Kier alpha value is -2.18. The molecule has 2 N–H and O–H groups in total. The summed E-state index contributed by atoms with van der Waals surface area (Å²) in [5, 5.41) is 18.2. The fourth-order valence-corrected chi connectivity index (χ4v) is 4.35. The van der Waals surface area contributed by atoms with Crippen LogP contribution < -0.4 is 0 Å². The Bertz CT molecular complexity index is 724. The molecule has 6 nitrogen and oxygen atoms in total. The molecule has 0 heterocycles. The van der Waals surface area contributed by atoms with E-state index in [1.54, 1.807) is 0 Å². The molecule has 0 saturated heterocycles. The number of rotatable bonds is 30. The van der Waals surface area contributed by atoms with Gasteiger partial charge in [0.2, 0.25) is 0 Å². The van der Waals surface area contributed by atoms with E-state index < -0.39 is 6.10 Å². The lowest BCUT2D eigenvalue weighted by molar-refractivity contribution is -0.161. The van der Waals surface area contributed by atoms with E-state index in [0.29, 0.717) is 25.9 Å². The molecular formula is C36H62O6. The summed E-state index contributed by atoms with van der Waals surface area (Å²) in [4.78, 5) is 24.0. The maximum absolute atomic E-state index is 12.0. The molecule has 0 aliphatic rings. The Balaban J connectivity index is 3.71. The van der Waals surface area contributed by atoms with E-state index in [1.807, 2.05) is 0 Å². The van der Waals surface area contributed by atoms with Gasteiger partial charge in [0.15, 0.2) is 6.10 Å². The van der Waals surface area contributed by atoms with Crippen molar-refractivity contribution in [2.24, 2.45) is 0 Å². The van der Waals surface area contributed by atoms with Gasteiger partial charge in [0.1, 0.15) is 6.61 Å². The number of hydrogen-bond donors (Lipinski definition) is 2. The highest BCUT2D eigenvalue weighted by Gasteiger charge is 2.15. The molecule has 0 aromatic rings. The average Bonchev–Trinajstić information content (AvgIpc) is 2.99. The predicted molar refractivity (Wildman–Crippen MR) is 174 cm³/mol. The van der Waals surface area contributed by atoms with Crippen LogP contribution in [0.5, 0.6) is 0 Å². The summed E-state index contributed by atoms with van der Waals surface area (Å²) in [6.07, 6.45) is 37.5. The maximum atomic E-state index is 12.0. The second-order valence-electron chi connectivity index (χ2n) is 11.0. The molecule has 0 spiro atoms. The minimum atomic E-state index is -0.796. The Labute approximate surface area is 257 Å². The molecule has 1 atom stereocenters. The number of aliphatic hydroxyl groups excluding tert-OH is 2. The van der Waals surface area contributed by atoms with Gasteiger partial charge in [-0.15, -0.1) is 0 Å². The lowest BCUT2D eigenvalue weighted by atomic mass is 10.1. The van der Waals surface area contributed by atoms with Gasteiger partial charge in [-0.05, 0) is 57.8 Å². The Morgan fingerprint density at radius 1 is 0.571 bits per heavy atom. The first-order valence-corrected chi connectivity index (χ1v) is 16.8. The highest BCUT2D eigenvalue weighted by molar-refractivity contribution is 5.70. The van der Waals surface area contributed by atoms with Gasteiger partial charge < -0.3 is 19.7 Å². The van der Waals surface area contributed by atoms with Crippen LogP contribution in [0.1, 0.15) is 142 Å². The van der Waals surface area contributed by atoms with Crippen molar-refractivity contribution < 1.29 is 29.3 Å². The number of hydrogen-bond acceptors (Lipinski definition) is 6. The summed E-state index contributed by atoms with van der Waals surface area (Å²) in [6, 6.07) is 0. The summed E-state index contributed by atoms with van der Waals surface area (Å²) in [5.74, 6) is -0.676. The van der Waals surface area contributed by atoms with Crippen molar-refractivity contribution in [1.82, 2.24) is 0 Å². The second kappa shape index (κ2) is 33.3. The molecule has 0 aromatic heterocycles. The number of esters is 2. The quantitative estimate of drug-likeness (QED) is 0.0493. The molecular weight excluding hydrogens is 528 g/mol. The SMILES string of the molecule is CCCCCCCCCCCCC(=O)O[C@@H](CO)COC(=O)CCC/C=C\C/C=C\C/C=C\C/C=C\CCCCCO. The van der Waals surface area contributed by atoms with Crippen molar-refractivity contribution in [3.63, 3.8) is 0 Å². The lowest BCUT2D eigenvalue weighted by Gasteiger charge is -2.15. The molecule has 0 unspecified atom stereocenters. The molecule has 0 amide bonds. The van der Waals surface area contributed by atoms with E-state index in [4.69, 9.17) is 14.6 Å². The Kier molecular flexibility index (Phi) is 31.6. The zero-order valence-electron chi connectivity index (χ0n) is 26.7. The first-order chi connectivity index (χ1) is 20.6. The fraction of sp³-hybridized carbons (Fsp3) is 0.722. The van der Waals surface area contributed by atoms with Gasteiger partial charge in [0, 0.05) is 19.4 Å². The minimum Gasteiger partial charge on any atom is -0.462 e. The summed E-state index contributed by atoms with van der Waals surface area (Å²) < 4.78 is 10.5. The fourth-order valence-electron chi connectivity index (χ4n) is 4.35. The molecule has 0 aliphatic heterocycles. The van der Waals surface area contributed by atoms with Crippen molar-refractivity contribution in [2.75, 3.05) is 19.8 Å². The van der Waals surface area contributed by atoms with Crippen LogP contribution in [-0.2, 0) is 19.1 Å². The van der Waals surface area contributed by atoms with Gasteiger partial charge >= 0.3 is 11.9 Å². The largest absolute Gasteiger partial charge is 0.462 e. The molecule has 242 valence electrons. The monoisotopic (exact) mass is 590 g/mol. The number of unbranched alkanes of at least 4 members (excludes halogenated alkanes) is 13. The van der Waals surface area contributed by atoms with E-state index in [2.05, 4.69) is 55.5 Å². The van der Waals surface area contributed by atoms with Crippen LogP contribution in [0, 0.1) is 0 Å². The highest BCUT2D eigenvalue weighted by Crippen LogP contribution is 2.12. The molecule has 0 radical (unpaired) electrons. The maximum Gasteiger partial charge on any atom is 0.306 e. The van der Waals surface area contributed by atoms with Crippen molar-refractivity contribution in [1.29, 1.82) is 0 Å². The lowest BCUT2D eigenvalue weighted by Crippen LogP contribution is -2.28. The van der Waals surface area contributed by atoms with Crippen molar-refractivity contribution >= 4 is 11.9 Å². The van der Waals surface area contributed by atoms with E-state index in [1.165, 1.54) is 44.9 Å². The third-order valence-electron chi connectivity index (χ3n) is 6.93. The van der Waals surface area contributed by atoms with Gasteiger partial charge in [-0.2, -0.15) is 0 Å². The van der Waals surface area contributed by atoms with Crippen LogP contribution in [0.4, 0.5) is 0 Å². The van der Waals surface area contributed by atoms with Crippen molar-refractivity contribution in [3.8, 4) is 0 Å². The van der Waals surface area contributed by atoms with Crippen LogP contribution in [0.3, 0.4) is 0 Å². The van der Waals surface area contributed by atoms with E-state index in [0.717, 1.165) is 70.6 Å². The second-order valence-corrected chi connectivity index (χ2v) is 11.0. The molecule has 6 heteroatoms. The number of aliphatic hydroxyl groups is 2. The molecule has 0 aliphatic carbocycles. The summed E-state index contributed by atoms with van der Waals surface area (Å²) in [7, 11) is 0. The van der Waals surface area contributed by atoms with E-state index in [9.17, 15) is 14.7 Å². The molecule has 0 aromatic carbocycles. The number of ether oxygens (including phenoxy) is 2. The van der Waals surface area contributed by atoms with Crippen LogP contribution >= 0.6 is 0 Å². The summed E-state index contributed by atoms with van der Waals surface area (Å²) in [5.41, 5.74) is 0. The van der Waals surface area contributed by atoms with E-state index >= 15 is 0 Å². The van der Waals surface area contributed by atoms with Gasteiger partial charge in [-0.25, -0.2) is 0 Å². The molecule has 0 saturated carbocycles. The van der Waals surface area contributed by atoms with Crippen molar-refractivity contribution in [2.45, 2.75) is 148 Å². The number of carbonyl (C=O) groups excluding carboxylic acids is 2. The average molecular weight is 591 g/mol. The van der Waals surface area contributed by atoms with Crippen LogP contribution in [0.15, 0.2) is 48.6 Å². The first-order valence-electron chi connectivity index (χ1n) is 16.8.